The Hall–Kier alpha value is -2.87. The van der Waals surface area contributed by atoms with E-state index in [0.29, 0.717) is 18.5 Å². The third-order valence-corrected chi connectivity index (χ3v) is 7.23. The summed E-state index contributed by atoms with van der Waals surface area (Å²) in [5, 5.41) is 11.7. The van der Waals surface area contributed by atoms with Crippen LogP contribution in [0.15, 0.2) is 54.9 Å². The Labute approximate surface area is 189 Å². The minimum Gasteiger partial charge on any atom is -0.385 e. The van der Waals surface area contributed by atoms with Crippen molar-refractivity contribution in [1.82, 2.24) is 14.5 Å². The van der Waals surface area contributed by atoms with Gasteiger partial charge in [0.1, 0.15) is 6.54 Å². The molecule has 0 radical (unpaired) electrons. The van der Waals surface area contributed by atoms with Gasteiger partial charge in [-0.25, -0.2) is 4.98 Å². The number of likely N-dealkylation sites (tertiary alicyclic amines) is 1. The van der Waals surface area contributed by atoms with Gasteiger partial charge >= 0.3 is 6.18 Å². The quantitative estimate of drug-likeness (QED) is 0.609. The number of para-hydroxylation sites is 1. The molecule has 2 aliphatic rings. The second-order valence-electron chi connectivity index (χ2n) is 9.16. The number of imidazole rings is 1. The number of halogens is 3. The van der Waals surface area contributed by atoms with E-state index in [1.807, 2.05) is 30.3 Å². The number of aliphatic hydroxyl groups is 1. The zero-order chi connectivity index (χ0) is 23.2. The van der Waals surface area contributed by atoms with E-state index < -0.39 is 18.3 Å². The summed E-state index contributed by atoms with van der Waals surface area (Å²) >= 11 is 0. The number of aromatic nitrogens is 2. The van der Waals surface area contributed by atoms with E-state index in [-0.39, 0.29) is 28.9 Å². The fourth-order valence-corrected chi connectivity index (χ4v) is 5.79. The van der Waals surface area contributed by atoms with Crippen molar-refractivity contribution in [3.63, 3.8) is 0 Å². The highest BCUT2D eigenvalue weighted by molar-refractivity contribution is 6.05. The summed E-state index contributed by atoms with van der Waals surface area (Å²) in [5.41, 5.74) is 0.634. The van der Waals surface area contributed by atoms with Gasteiger partial charge in [0, 0.05) is 18.5 Å². The smallest absolute Gasteiger partial charge is 0.385 e. The van der Waals surface area contributed by atoms with Crippen LogP contribution < -0.4 is 0 Å². The number of alkyl halides is 3. The molecule has 0 spiro atoms. The Morgan fingerprint density at radius 1 is 1.09 bits per heavy atom. The summed E-state index contributed by atoms with van der Waals surface area (Å²) in [6.07, 6.45) is 0.609. The van der Waals surface area contributed by atoms with E-state index in [9.17, 15) is 23.1 Å². The summed E-state index contributed by atoms with van der Waals surface area (Å²) in [4.78, 5) is 19.6. The molecule has 3 aromatic rings. The SMILES string of the molecule is O=C(c1cccc2ncn(CC(F)(F)F)c12)N1CC[C@](O)(c2ccccc2)[C@H]2CCCC[C@H]21. The first-order valence-corrected chi connectivity index (χ1v) is 11.4. The average Bonchev–Trinajstić information content (AvgIpc) is 3.21. The molecule has 1 saturated carbocycles. The van der Waals surface area contributed by atoms with Crippen LogP contribution in [0.5, 0.6) is 0 Å². The van der Waals surface area contributed by atoms with E-state index in [0.717, 1.165) is 42.1 Å². The number of fused-ring (bicyclic) bond motifs is 2. The van der Waals surface area contributed by atoms with Crippen molar-refractivity contribution in [2.24, 2.45) is 5.92 Å². The Kier molecular flexibility index (Phi) is 5.43. The highest BCUT2D eigenvalue weighted by Crippen LogP contribution is 2.47. The van der Waals surface area contributed by atoms with Crippen LogP contribution in [0, 0.1) is 5.92 Å². The molecule has 2 fully saturated rings. The molecule has 1 N–H and O–H groups in total. The molecule has 1 amide bonds. The van der Waals surface area contributed by atoms with Gasteiger partial charge < -0.3 is 14.6 Å². The number of piperidine rings is 1. The van der Waals surface area contributed by atoms with Gasteiger partial charge in [0.15, 0.2) is 0 Å². The lowest BCUT2D eigenvalue weighted by molar-refractivity contribution is -0.140. The molecule has 1 aliphatic heterocycles. The highest BCUT2D eigenvalue weighted by atomic mass is 19.4. The lowest BCUT2D eigenvalue weighted by Crippen LogP contribution is -2.59. The zero-order valence-corrected chi connectivity index (χ0v) is 18.1. The molecule has 0 unspecified atom stereocenters. The Balaban J connectivity index is 1.51. The van der Waals surface area contributed by atoms with E-state index in [2.05, 4.69) is 4.98 Å². The van der Waals surface area contributed by atoms with Gasteiger partial charge in [-0.05, 0) is 37.0 Å². The lowest BCUT2D eigenvalue weighted by Gasteiger charge is -2.52. The zero-order valence-electron chi connectivity index (χ0n) is 18.1. The van der Waals surface area contributed by atoms with E-state index >= 15 is 0 Å². The number of amides is 1. The average molecular weight is 457 g/mol. The van der Waals surface area contributed by atoms with Gasteiger partial charge in [-0.2, -0.15) is 13.2 Å². The highest BCUT2D eigenvalue weighted by Gasteiger charge is 2.50. The van der Waals surface area contributed by atoms with Crippen LogP contribution in [0.2, 0.25) is 0 Å². The topological polar surface area (TPSA) is 58.4 Å². The fraction of sp³-hybridized carbons (Fsp3) is 0.440. The van der Waals surface area contributed by atoms with Crippen LogP contribution in [0.25, 0.3) is 11.0 Å². The molecule has 8 heteroatoms. The lowest BCUT2D eigenvalue weighted by atomic mass is 9.66. The normalized spacial score (nSPS) is 25.8. The van der Waals surface area contributed by atoms with Crippen LogP contribution in [0.3, 0.4) is 0 Å². The van der Waals surface area contributed by atoms with Crippen LogP contribution >= 0.6 is 0 Å². The van der Waals surface area contributed by atoms with Crippen molar-refractivity contribution >= 4 is 16.9 Å². The summed E-state index contributed by atoms with van der Waals surface area (Å²) in [7, 11) is 0. The molecule has 33 heavy (non-hydrogen) atoms. The maximum Gasteiger partial charge on any atom is 0.406 e. The molecule has 2 heterocycles. The molecule has 0 bridgehead atoms. The molecule has 2 aromatic carbocycles. The van der Waals surface area contributed by atoms with Crippen LogP contribution in [0.1, 0.15) is 48.0 Å². The fourth-order valence-electron chi connectivity index (χ4n) is 5.79. The van der Waals surface area contributed by atoms with Crippen molar-refractivity contribution < 1.29 is 23.1 Å². The standard InChI is InChI=1S/C25H26F3N3O2/c26-25(27,28)15-30-16-29-20-11-6-9-18(22(20)30)23(32)31-14-13-24(33,17-7-2-1-3-8-17)19-10-4-5-12-21(19)31/h1-3,6-9,11,16,19,21,33H,4-5,10,12-15H2/t19-,21+,24-/m0/s1. The number of nitrogens with zero attached hydrogens (tertiary/aromatic N) is 3. The largest absolute Gasteiger partial charge is 0.406 e. The number of carbonyl (C=O) groups is 1. The van der Waals surface area contributed by atoms with Gasteiger partial charge in [0.25, 0.3) is 5.91 Å². The third kappa shape index (κ3) is 3.90. The van der Waals surface area contributed by atoms with E-state index in [1.165, 1.54) is 0 Å². The molecule has 5 rings (SSSR count). The number of benzene rings is 2. The maximum atomic E-state index is 13.8. The number of hydrogen-bond acceptors (Lipinski definition) is 3. The molecule has 3 atom stereocenters. The molecule has 1 aliphatic carbocycles. The minimum atomic E-state index is -4.42. The summed E-state index contributed by atoms with van der Waals surface area (Å²) in [5.74, 6) is -0.415. The van der Waals surface area contributed by atoms with E-state index in [4.69, 9.17) is 0 Å². The van der Waals surface area contributed by atoms with Crippen molar-refractivity contribution in [2.45, 2.75) is 56.5 Å². The predicted molar refractivity (Wildman–Crippen MR) is 118 cm³/mol. The van der Waals surface area contributed by atoms with Gasteiger partial charge in [0.2, 0.25) is 0 Å². The molecule has 5 nitrogen and oxygen atoms in total. The van der Waals surface area contributed by atoms with Gasteiger partial charge in [-0.1, -0.05) is 49.2 Å². The number of carbonyl (C=O) groups excluding carboxylic acids is 1. The number of rotatable bonds is 3. The summed E-state index contributed by atoms with van der Waals surface area (Å²) in [6.45, 7) is -0.858. The Morgan fingerprint density at radius 3 is 2.61 bits per heavy atom. The Morgan fingerprint density at radius 2 is 1.85 bits per heavy atom. The summed E-state index contributed by atoms with van der Waals surface area (Å²) in [6, 6.07) is 14.3. The van der Waals surface area contributed by atoms with Crippen molar-refractivity contribution in [3.05, 3.63) is 66.0 Å². The monoisotopic (exact) mass is 457 g/mol. The van der Waals surface area contributed by atoms with E-state index in [1.54, 1.807) is 23.1 Å². The maximum absolute atomic E-state index is 13.8. The van der Waals surface area contributed by atoms with Gasteiger partial charge in [0.05, 0.1) is 28.5 Å². The summed E-state index contributed by atoms with van der Waals surface area (Å²) < 4.78 is 40.4. The Bertz CT molecular complexity index is 1160. The molecule has 174 valence electrons. The van der Waals surface area contributed by atoms with Crippen LogP contribution in [-0.2, 0) is 12.1 Å². The first kappa shape index (κ1) is 21.9. The van der Waals surface area contributed by atoms with Crippen molar-refractivity contribution in [1.29, 1.82) is 0 Å². The van der Waals surface area contributed by atoms with Crippen LogP contribution in [-0.4, -0.2) is 44.2 Å². The second kappa shape index (κ2) is 8.17. The van der Waals surface area contributed by atoms with Gasteiger partial charge in [-0.3, -0.25) is 4.79 Å². The third-order valence-electron chi connectivity index (χ3n) is 7.23. The second-order valence-corrected chi connectivity index (χ2v) is 9.16. The minimum absolute atomic E-state index is 0.120. The van der Waals surface area contributed by atoms with Crippen LogP contribution in [0.4, 0.5) is 13.2 Å². The van der Waals surface area contributed by atoms with Crippen molar-refractivity contribution in [3.8, 4) is 0 Å². The molecular formula is C25H26F3N3O2. The first-order chi connectivity index (χ1) is 15.8. The van der Waals surface area contributed by atoms with Gasteiger partial charge in [-0.15, -0.1) is 0 Å². The number of hydrogen-bond donors (Lipinski definition) is 1. The molecule has 1 saturated heterocycles. The predicted octanol–water partition coefficient (Wildman–Crippen LogP) is 4.89. The van der Waals surface area contributed by atoms with Crippen molar-refractivity contribution in [2.75, 3.05) is 6.54 Å². The first-order valence-electron chi connectivity index (χ1n) is 11.4. The molecule has 1 aromatic heterocycles. The molecular weight excluding hydrogens is 431 g/mol.